The van der Waals surface area contributed by atoms with Crippen LogP contribution >= 0.6 is 0 Å². The summed E-state index contributed by atoms with van der Waals surface area (Å²) in [4.78, 5) is 17.1. The van der Waals surface area contributed by atoms with Gasteiger partial charge in [0.15, 0.2) is 0 Å². The molecule has 26 heavy (non-hydrogen) atoms. The third-order valence-corrected chi connectivity index (χ3v) is 4.38. The molecule has 0 saturated heterocycles. The van der Waals surface area contributed by atoms with Crippen molar-refractivity contribution in [2.75, 3.05) is 5.32 Å². The Bertz CT molecular complexity index is 857. The van der Waals surface area contributed by atoms with Gasteiger partial charge in [-0.25, -0.2) is 4.98 Å². The molecule has 5 nitrogen and oxygen atoms in total. The van der Waals surface area contributed by atoms with Gasteiger partial charge in [0.05, 0.1) is 11.0 Å². The van der Waals surface area contributed by atoms with E-state index >= 15 is 0 Å². The summed E-state index contributed by atoms with van der Waals surface area (Å²) >= 11 is 0. The van der Waals surface area contributed by atoms with Gasteiger partial charge in [-0.05, 0) is 31.0 Å². The van der Waals surface area contributed by atoms with Crippen molar-refractivity contribution in [2.45, 2.75) is 45.8 Å². The summed E-state index contributed by atoms with van der Waals surface area (Å²) in [5, 5.41) is 6.44. The van der Waals surface area contributed by atoms with Crippen LogP contribution in [0.4, 0.5) is 5.95 Å². The number of carbonyl (C=O) groups excluding carboxylic acids is 1. The molecule has 1 aromatic heterocycles. The summed E-state index contributed by atoms with van der Waals surface area (Å²) in [6.07, 6.45) is 2.04. The van der Waals surface area contributed by atoms with Crippen molar-refractivity contribution in [3.8, 4) is 0 Å². The van der Waals surface area contributed by atoms with E-state index in [4.69, 9.17) is 0 Å². The highest BCUT2D eigenvalue weighted by Crippen LogP contribution is 2.20. The average Bonchev–Trinajstić information content (AvgIpc) is 2.98. The Labute approximate surface area is 154 Å². The van der Waals surface area contributed by atoms with E-state index in [0.717, 1.165) is 23.9 Å². The number of imidazole rings is 1. The number of aromatic nitrogens is 2. The molecule has 3 aromatic rings. The lowest BCUT2D eigenvalue weighted by Gasteiger charge is -2.15. The SMILES string of the molecule is CCC[C@H](C)NC(=O)Cn1c(NCc2ccccc2)nc2ccccc21. The van der Waals surface area contributed by atoms with Crippen LogP contribution in [-0.2, 0) is 17.9 Å². The smallest absolute Gasteiger partial charge is 0.240 e. The van der Waals surface area contributed by atoms with Gasteiger partial charge in [0, 0.05) is 12.6 Å². The van der Waals surface area contributed by atoms with Gasteiger partial charge in [-0.1, -0.05) is 55.8 Å². The van der Waals surface area contributed by atoms with Crippen LogP contribution < -0.4 is 10.6 Å². The molecule has 0 aliphatic carbocycles. The second kappa shape index (κ2) is 8.52. The van der Waals surface area contributed by atoms with Crippen LogP contribution in [0.5, 0.6) is 0 Å². The summed E-state index contributed by atoms with van der Waals surface area (Å²) in [5.74, 6) is 0.727. The van der Waals surface area contributed by atoms with E-state index in [1.165, 1.54) is 5.56 Å². The maximum atomic E-state index is 12.5. The number of carbonyl (C=O) groups is 1. The van der Waals surface area contributed by atoms with Crippen molar-refractivity contribution in [3.05, 3.63) is 60.2 Å². The fourth-order valence-electron chi connectivity index (χ4n) is 3.12. The first-order valence-electron chi connectivity index (χ1n) is 9.19. The molecule has 0 saturated carbocycles. The largest absolute Gasteiger partial charge is 0.352 e. The first-order valence-corrected chi connectivity index (χ1v) is 9.19. The van der Waals surface area contributed by atoms with Gasteiger partial charge in [-0.15, -0.1) is 0 Å². The zero-order valence-electron chi connectivity index (χ0n) is 15.4. The fraction of sp³-hybridized carbons (Fsp3) is 0.333. The second-order valence-corrected chi connectivity index (χ2v) is 6.61. The minimum Gasteiger partial charge on any atom is -0.352 e. The molecule has 2 N–H and O–H groups in total. The number of anilines is 1. The summed E-state index contributed by atoms with van der Waals surface area (Å²) in [7, 11) is 0. The van der Waals surface area contributed by atoms with E-state index in [0.29, 0.717) is 12.5 Å². The van der Waals surface area contributed by atoms with Crippen molar-refractivity contribution in [1.29, 1.82) is 0 Å². The Morgan fingerprint density at radius 1 is 1.12 bits per heavy atom. The van der Waals surface area contributed by atoms with Crippen LogP contribution in [-0.4, -0.2) is 21.5 Å². The molecule has 1 heterocycles. The Morgan fingerprint density at radius 2 is 1.85 bits per heavy atom. The number of para-hydroxylation sites is 2. The molecule has 136 valence electrons. The second-order valence-electron chi connectivity index (χ2n) is 6.61. The molecule has 0 fully saturated rings. The van der Waals surface area contributed by atoms with Crippen LogP contribution in [0, 0.1) is 0 Å². The van der Waals surface area contributed by atoms with Gasteiger partial charge < -0.3 is 15.2 Å². The average molecular weight is 350 g/mol. The summed E-state index contributed by atoms with van der Waals surface area (Å²) in [5.41, 5.74) is 3.02. The summed E-state index contributed by atoms with van der Waals surface area (Å²) in [6.45, 7) is 5.09. The van der Waals surface area contributed by atoms with Gasteiger partial charge in [-0.2, -0.15) is 0 Å². The van der Waals surface area contributed by atoms with Crippen molar-refractivity contribution in [2.24, 2.45) is 0 Å². The molecule has 0 aliphatic rings. The number of rotatable bonds is 8. The van der Waals surface area contributed by atoms with Crippen molar-refractivity contribution >= 4 is 22.9 Å². The normalized spacial score (nSPS) is 12.1. The fourth-order valence-corrected chi connectivity index (χ4v) is 3.12. The van der Waals surface area contributed by atoms with Crippen LogP contribution in [0.3, 0.4) is 0 Å². The van der Waals surface area contributed by atoms with Crippen molar-refractivity contribution in [3.63, 3.8) is 0 Å². The number of fused-ring (bicyclic) bond motifs is 1. The van der Waals surface area contributed by atoms with Crippen molar-refractivity contribution < 1.29 is 4.79 Å². The molecule has 0 spiro atoms. The molecule has 2 aromatic carbocycles. The molecule has 1 atom stereocenters. The number of hydrogen-bond acceptors (Lipinski definition) is 3. The van der Waals surface area contributed by atoms with Gasteiger partial charge in [0.2, 0.25) is 11.9 Å². The maximum Gasteiger partial charge on any atom is 0.240 e. The minimum absolute atomic E-state index is 0.0110. The van der Waals surface area contributed by atoms with E-state index in [1.807, 2.05) is 54.0 Å². The minimum atomic E-state index is 0.0110. The van der Waals surface area contributed by atoms with E-state index in [1.54, 1.807) is 0 Å². The zero-order chi connectivity index (χ0) is 18.4. The van der Waals surface area contributed by atoms with Crippen LogP contribution in [0.15, 0.2) is 54.6 Å². The third-order valence-electron chi connectivity index (χ3n) is 4.38. The quantitative estimate of drug-likeness (QED) is 0.647. The van der Waals surface area contributed by atoms with Gasteiger partial charge in [-0.3, -0.25) is 4.79 Å². The van der Waals surface area contributed by atoms with E-state index in [-0.39, 0.29) is 18.5 Å². The highest BCUT2D eigenvalue weighted by molar-refractivity contribution is 5.83. The van der Waals surface area contributed by atoms with E-state index in [9.17, 15) is 4.79 Å². The molecule has 3 rings (SSSR count). The Hall–Kier alpha value is -2.82. The Kier molecular flexibility index (Phi) is 5.89. The van der Waals surface area contributed by atoms with Gasteiger partial charge in [0.25, 0.3) is 0 Å². The number of amides is 1. The van der Waals surface area contributed by atoms with Crippen molar-refractivity contribution in [1.82, 2.24) is 14.9 Å². The lowest BCUT2D eigenvalue weighted by molar-refractivity contribution is -0.122. The van der Waals surface area contributed by atoms with Crippen LogP contribution in [0.1, 0.15) is 32.3 Å². The van der Waals surface area contributed by atoms with E-state index < -0.39 is 0 Å². The van der Waals surface area contributed by atoms with Crippen LogP contribution in [0.25, 0.3) is 11.0 Å². The first kappa shape index (κ1) is 18.0. The molecule has 0 aliphatic heterocycles. The molecule has 5 heteroatoms. The van der Waals surface area contributed by atoms with Gasteiger partial charge >= 0.3 is 0 Å². The number of benzene rings is 2. The molecular formula is C21H26N4O. The highest BCUT2D eigenvalue weighted by Gasteiger charge is 2.14. The summed E-state index contributed by atoms with van der Waals surface area (Å²) in [6, 6.07) is 18.3. The molecular weight excluding hydrogens is 324 g/mol. The van der Waals surface area contributed by atoms with Gasteiger partial charge in [0.1, 0.15) is 6.54 Å². The molecule has 1 amide bonds. The predicted molar refractivity (Wildman–Crippen MR) is 106 cm³/mol. The highest BCUT2D eigenvalue weighted by atomic mass is 16.2. The third kappa shape index (κ3) is 4.42. The molecule has 0 unspecified atom stereocenters. The van der Waals surface area contributed by atoms with E-state index in [2.05, 4.69) is 34.7 Å². The number of hydrogen-bond donors (Lipinski definition) is 2. The Morgan fingerprint density at radius 3 is 2.62 bits per heavy atom. The Balaban J connectivity index is 1.79. The zero-order valence-corrected chi connectivity index (χ0v) is 15.4. The molecule has 0 bridgehead atoms. The summed E-state index contributed by atoms with van der Waals surface area (Å²) < 4.78 is 1.95. The molecule has 0 radical (unpaired) electrons. The lowest BCUT2D eigenvalue weighted by Crippen LogP contribution is -2.35. The monoisotopic (exact) mass is 350 g/mol. The lowest BCUT2D eigenvalue weighted by atomic mass is 10.2. The number of nitrogens with one attached hydrogen (secondary N) is 2. The first-order chi connectivity index (χ1) is 12.7. The number of nitrogens with zero attached hydrogens (tertiary/aromatic N) is 2. The van der Waals surface area contributed by atoms with Crippen LogP contribution in [0.2, 0.25) is 0 Å². The standard InChI is InChI=1S/C21H26N4O/c1-3-9-16(2)23-20(26)15-25-19-13-8-7-12-18(19)24-21(25)22-14-17-10-5-4-6-11-17/h4-8,10-13,16H,3,9,14-15H2,1-2H3,(H,22,24)(H,23,26)/t16-/m0/s1. The predicted octanol–water partition coefficient (Wildman–Crippen LogP) is 3.95. The maximum absolute atomic E-state index is 12.5. The topological polar surface area (TPSA) is 59.0 Å².